The summed E-state index contributed by atoms with van der Waals surface area (Å²) in [6, 6.07) is 6.23. The summed E-state index contributed by atoms with van der Waals surface area (Å²) in [7, 11) is 0. The number of hydrogen-bond acceptors (Lipinski definition) is 4. The Labute approximate surface area is 146 Å². The molecule has 124 valence electrons. The van der Waals surface area contributed by atoms with Gasteiger partial charge in [-0.2, -0.15) is 0 Å². The maximum Gasteiger partial charge on any atom is 0.252 e. The lowest BCUT2D eigenvalue weighted by atomic mass is 10.2. The first-order chi connectivity index (χ1) is 11.6. The number of nitrogens with one attached hydrogen (secondary N) is 1. The van der Waals surface area contributed by atoms with Crippen molar-refractivity contribution in [3.05, 3.63) is 56.7 Å². The second-order valence-electron chi connectivity index (χ2n) is 5.90. The highest BCUT2D eigenvalue weighted by Crippen LogP contribution is 2.33. The average molecular weight is 365 g/mol. The summed E-state index contributed by atoms with van der Waals surface area (Å²) in [6.07, 6.45) is 3.19. The summed E-state index contributed by atoms with van der Waals surface area (Å²) in [4.78, 5) is 14.5. The van der Waals surface area contributed by atoms with Gasteiger partial charge in [-0.25, -0.2) is 4.39 Å². The van der Waals surface area contributed by atoms with Crippen molar-refractivity contribution in [1.29, 1.82) is 0 Å². The molecule has 8 heteroatoms. The number of H-pyrrole nitrogens is 1. The van der Waals surface area contributed by atoms with Gasteiger partial charge >= 0.3 is 0 Å². The zero-order chi connectivity index (χ0) is 16.7. The van der Waals surface area contributed by atoms with Crippen LogP contribution in [0.3, 0.4) is 0 Å². The molecule has 0 bridgehead atoms. The van der Waals surface area contributed by atoms with E-state index >= 15 is 0 Å². The van der Waals surface area contributed by atoms with Gasteiger partial charge in [-0.1, -0.05) is 29.4 Å². The maximum absolute atomic E-state index is 13.9. The summed E-state index contributed by atoms with van der Waals surface area (Å²) < 4.78 is 15.8. The number of fused-ring (bicyclic) bond motifs is 1. The third kappa shape index (κ3) is 3.06. The Morgan fingerprint density at radius 2 is 2.21 bits per heavy atom. The summed E-state index contributed by atoms with van der Waals surface area (Å²) in [5.74, 6) is 1.04. The molecule has 24 heavy (non-hydrogen) atoms. The quantitative estimate of drug-likeness (QED) is 0.704. The van der Waals surface area contributed by atoms with Crippen molar-refractivity contribution in [3.63, 3.8) is 0 Å². The van der Waals surface area contributed by atoms with Gasteiger partial charge in [0.25, 0.3) is 5.56 Å². The molecule has 1 fully saturated rings. The highest BCUT2D eigenvalue weighted by Gasteiger charge is 2.24. The molecule has 0 unspecified atom stereocenters. The Morgan fingerprint density at radius 1 is 1.38 bits per heavy atom. The van der Waals surface area contributed by atoms with Crippen molar-refractivity contribution in [2.24, 2.45) is 5.92 Å². The van der Waals surface area contributed by atoms with Crippen LogP contribution in [0.5, 0.6) is 0 Å². The van der Waals surface area contributed by atoms with Crippen LogP contribution in [0.4, 0.5) is 4.39 Å². The standard InChI is InChI=1S/C16H14ClFN4OS/c17-12-2-1-3-13(18)11(12)8-24-16-21-20-15-19-14(23)7-10(22(15)16)6-9-4-5-9/h1-3,7,9H,4-6,8H2,(H,19,20,23). The summed E-state index contributed by atoms with van der Waals surface area (Å²) >= 11 is 7.42. The summed E-state index contributed by atoms with van der Waals surface area (Å²) in [5.41, 5.74) is 1.15. The van der Waals surface area contributed by atoms with Gasteiger partial charge in [0, 0.05) is 28.1 Å². The zero-order valence-electron chi connectivity index (χ0n) is 12.6. The number of hydrogen-bond donors (Lipinski definition) is 1. The van der Waals surface area contributed by atoms with Crippen LogP contribution in [-0.2, 0) is 12.2 Å². The maximum atomic E-state index is 13.9. The van der Waals surface area contributed by atoms with Crippen LogP contribution in [0.2, 0.25) is 5.02 Å². The number of nitrogens with zero attached hydrogens (tertiary/aromatic N) is 3. The third-order valence-corrected chi connectivity index (χ3v) is 5.36. The molecule has 1 saturated carbocycles. The molecule has 5 nitrogen and oxygen atoms in total. The molecule has 3 aromatic rings. The minimum Gasteiger partial charge on any atom is -0.291 e. The predicted octanol–water partition coefficient (Wildman–Crippen LogP) is 3.45. The number of rotatable bonds is 5. The molecule has 0 spiro atoms. The molecule has 2 heterocycles. The number of aromatic amines is 1. The van der Waals surface area contributed by atoms with Crippen LogP contribution in [-0.4, -0.2) is 19.6 Å². The molecule has 4 rings (SSSR count). The minimum atomic E-state index is -0.338. The van der Waals surface area contributed by atoms with E-state index in [4.69, 9.17) is 11.6 Å². The van der Waals surface area contributed by atoms with Crippen LogP contribution in [0, 0.1) is 11.7 Å². The molecule has 1 aromatic carbocycles. The van der Waals surface area contributed by atoms with Gasteiger partial charge in [0.1, 0.15) is 5.82 Å². The molecule has 1 aliphatic carbocycles. The highest BCUT2D eigenvalue weighted by molar-refractivity contribution is 7.98. The number of aromatic nitrogens is 4. The molecular formula is C16H14ClFN4OS. The smallest absolute Gasteiger partial charge is 0.252 e. The topological polar surface area (TPSA) is 63.1 Å². The van der Waals surface area contributed by atoms with E-state index in [9.17, 15) is 9.18 Å². The van der Waals surface area contributed by atoms with Gasteiger partial charge in [-0.3, -0.25) is 14.2 Å². The number of halogens is 2. The first-order valence-electron chi connectivity index (χ1n) is 7.65. The van der Waals surface area contributed by atoms with Gasteiger partial charge in [-0.05, 0) is 37.3 Å². The second-order valence-corrected chi connectivity index (χ2v) is 7.25. The van der Waals surface area contributed by atoms with Gasteiger partial charge in [0.05, 0.1) is 0 Å². The molecule has 0 radical (unpaired) electrons. The minimum absolute atomic E-state index is 0.181. The fraction of sp³-hybridized carbons (Fsp3) is 0.312. The largest absolute Gasteiger partial charge is 0.291 e. The molecule has 0 saturated heterocycles. The van der Waals surface area contributed by atoms with Crippen molar-refractivity contribution in [2.75, 3.05) is 0 Å². The van der Waals surface area contributed by atoms with E-state index in [0.717, 1.165) is 12.1 Å². The van der Waals surface area contributed by atoms with Crippen molar-refractivity contribution < 1.29 is 4.39 Å². The lowest BCUT2D eigenvalue weighted by Crippen LogP contribution is -2.12. The average Bonchev–Trinajstić information content (AvgIpc) is 3.25. The lowest BCUT2D eigenvalue weighted by Gasteiger charge is -2.07. The van der Waals surface area contributed by atoms with Gasteiger partial charge in [-0.15, -0.1) is 10.2 Å². The molecule has 1 aliphatic rings. The van der Waals surface area contributed by atoms with Crippen LogP contribution in [0.1, 0.15) is 24.1 Å². The Morgan fingerprint density at radius 3 is 2.96 bits per heavy atom. The SMILES string of the molecule is O=c1cc(CC2CC2)n2c(SCc3c(F)cccc3Cl)nnc2[nH]1. The van der Waals surface area contributed by atoms with Crippen LogP contribution >= 0.6 is 23.4 Å². The third-order valence-electron chi connectivity index (χ3n) is 4.06. The van der Waals surface area contributed by atoms with E-state index in [1.807, 2.05) is 4.40 Å². The van der Waals surface area contributed by atoms with Crippen molar-refractivity contribution in [3.8, 4) is 0 Å². The van der Waals surface area contributed by atoms with Crippen LogP contribution < -0.4 is 5.56 Å². The van der Waals surface area contributed by atoms with Crippen LogP contribution in [0.15, 0.2) is 34.2 Å². The van der Waals surface area contributed by atoms with Crippen molar-refractivity contribution in [1.82, 2.24) is 19.6 Å². The molecule has 0 aliphatic heterocycles. The van der Waals surface area contributed by atoms with Crippen molar-refractivity contribution >= 4 is 29.1 Å². The highest BCUT2D eigenvalue weighted by atomic mass is 35.5. The Kier molecular flexibility index (Phi) is 4.05. The van der Waals surface area contributed by atoms with Crippen LogP contribution in [0.25, 0.3) is 5.78 Å². The normalized spacial score (nSPS) is 14.4. The molecule has 0 atom stereocenters. The molecule has 0 amide bonds. The Hall–Kier alpha value is -1.86. The summed E-state index contributed by atoms with van der Waals surface area (Å²) in [6.45, 7) is 0. The monoisotopic (exact) mass is 364 g/mol. The van der Waals surface area contributed by atoms with Gasteiger partial charge in [0.2, 0.25) is 5.78 Å². The predicted molar refractivity (Wildman–Crippen MR) is 91.0 cm³/mol. The molecule has 1 N–H and O–H groups in total. The summed E-state index contributed by atoms with van der Waals surface area (Å²) in [5, 5.41) is 9.19. The number of benzene rings is 1. The first kappa shape index (κ1) is 15.7. The van der Waals surface area contributed by atoms with E-state index in [1.54, 1.807) is 18.2 Å². The van der Waals surface area contributed by atoms with E-state index in [-0.39, 0.29) is 11.4 Å². The first-order valence-corrected chi connectivity index (χ1v) is 9.01. The van der Waals surface area contributed by atoms with E-state index in [2.05, 4.69) is 15.2 Å². The Balaban J connectivity index is 1.68. The van der Waals surface area contributed by atoms with E-state index in [0.29, 0.717) is 33.2 Å². The Bertz CT molecular complexity index is 946. The second kappa shape index (κ2) is 6.22. The molecular weight excluding hydrogens is 351 g/mol. The fourth-order valence-corrected chi connectivity index (χ4v) is 3.95. The van der Waals surface area contributed by atoms with Crippen molar-refractivity contribution in [2.45, 2.75) is 30.2 Å². The zero-order valence-corrected chi connectivity index (χ0v) is 14.2. The molecule has 2 aromatic heterocycles. The van der Waals surface area contributed by atoms with E-state index < -0.39 is 0 Å². The van der Waals surface area contributed by atoms with Gasteiger partial charge in [0.15, 0.2) is 5.16 Å². The lowest BCUT2D eigenvalue weighted by molar-refractivity contribution is 0.617. The number of thioether (sulfide) groups is 1. The van der Waals surface area contributed by atoms with E-state index in [1.165, 1.54) is 30.7 Å². The van der Waals surface area contributed by atoms with Gasteiger partial charge < -0.3 is 0 Å². The fourth-order valence-electron chi connectivity index (χ4n) is 2.64.